The highest BCUT2D eigenvalue weighted by atomic mass is 16.7. The molecule has 9 heavy (non-hydrogen) atoms. The van der Waals surface area contributed by atoms with Crippen LogP contribution in [-0.2, 0) is 9.47 Å². The summed E-state index contributed by atoms with van der Waals surface area (Å²) in [5, 5.41) is 9.03. The van der Waals surface area contributed by atoms with Crippen molar-refractivity contribution in [3.63, 3.8) is 0 Å². The van der Waals surface area contributed by atoms with Gasteiger partial charge in [-0.2, -0.15) is 0 Å². The zero-order valence-corrected chi connectivity index (χ0v) is 5.28. The third-order valence-electron chi connectivity index (χ3n) is 1.20. The van der Waals surface area contributed by atoms with E-state index in [4.69, 9.17) is 14.6 Å². The zero-order valence-electron chi connectivity index (χ0n) is 5.28. The van der Waals surface area contributed by atoms with E-state index in [1.54, 1.807) is 12.2 Å². The van der Waals surface area contributed by atoms with Crippen molar-refractivity contribution in [3.05, 3.63) is 12.2 Å². The Kier molecular flexibility index (Phi) is 2.22. The molecule has 0 unspecified atom stereocenters. The lowest BCUT2D eigenvalue weighted by molar-refractivity contribution is -0.166. The fourth-order valence-corrected chi connectivity index (χ4v) is 0.742. The Labute approximate surface area is 53.9 Å². The number of aliphatic hydroxyl groups is 1. The van der Waals surface area contributed by atoms with E-state index < -0.39 is 12.4 Å². The molecule has 0 amide bonds. The van der Waals surface area contributed by atoms with Crippen molar-refractivity contribution in [3.8, 4) is 0 Å². The van der Waals surface area contributed by atoms with Crippen molar-refractivity contribution in [1.82, 2.24) is 0 Å². The molecule has 0 radical (unpaired) electrons. The molecule has 0 spiro atoms. The topological polar surface area (TPSA) is 38.7 Å². The summed E-state index contributed by atoms with van der Waals surface area (Å²) < 4.78 is 9.76. The summed E-state index contributed by atoms with van der Waals surface area (Å²) >= 11 is 0. The smallest absolute Gasteiger partial charge is 0.187 e. The van der Waals surface area contributed by atoms with E-state index >= 15 is 0 Å². The largest absolute Gasteiger partial charge is 0.384 e. The predicted octanol–water partition coefficient (Wildman–Crippen LogP) is -0.0938. The second-order valence-corrected chi connectivity index (χ2v) is 1.86. The summed E-state index contributed by atoms with van der Waals surface area (Å²) in [6.45, 7) is 0.523. The van der Waals surface area contributed by atoms with E-state index in [9.17, 15) is 0 Å². The van der Waals surface area contributed by atoms with Gasteiger partial charge in [0.1, 0.15) is 6.10 Å². The Bertz CT molecular complexity index is 111. The van der Waals surface area contributed by atoms with Crippen LogP contribution in [0.3, 0.4) is 0 Å². The number of ether oxygens (including phenoxy) is 2. The molecule has 1 heterocycles. The maximum absolute atomic E-state index is 9.03. The lowest BCUT2D eigenvalue weighted by Gasteiger charge is -2.21. The van der Waals surface area contributed by atoms with Crippen molar-refractivity contribution in [2.75, 3.05) is 13.7 Å². The van der Waals surface area contributed by atoms with Gasteiger partial charge in [0.25, 0.3) is 0 Å². The monoisotopic (exact) mass is 130 g/mol. The summed E-state index contributed by atoms with van der Waals surface area (Å²) in [5.41, 5.74) is 0. The molecule has 1 aliphatic rings. The summed E-state index contributed by atoms with van der Waals surface area (Å²) in [6.07, 6.45) is 2.34. The highest BCUT2D eigenvalue weighted by Gasteiger charge is 2.18. The molecule has 1 rings (SSSR count). The van der Waals surface area contributed by atoms with Crippen LogP contribution in [0, 0.1) is 0 Å². The van der Waals surface area contributed by atoms with Gasteiger partial charge in [0, 0.05) is 7.11 Å². The number of rotatable bonds is 1. The highest BCUT2D eigenvalue weighted by molar-refractivity contribution is 4.94. The maximum atomic E-state index is 9.03. The van der Waals surface area contributed by atoms with Crippen LogP contribution in [0.25, 0.3) is 0 Å². The van der Waals surface area contributed by atoms with Gasteiger partial charge in [0.2, 0.25) is 0 Å². The number of hydrogen-bond acceptors (Lipinski definition) is 3. The SMILES string of the molecule is CO[C@@H]1OCC=C[C@@H]1O. The molecule has 0 fully saturated rings. The van der Waals surface area contributed by atoms with Crippen LogP contribution >= 0.6 is 0 Å². The van der Waals surface area contributed by atoms with Crippen LogP contribution in [0.15, 0.2) is 12.2 Å². The van der Waals surface area contributed by atoms with E-state index in [0.717, 1.165) is 0 Å². The average molecular weight is 130 g/mol. The Morgan fingerprint density at radius 2 is 2.56 bits per heavy atom. The number of hydrogen-bond donors (Lipinski definition) is 1. The molecule has 0 bridgehead atoms. The van der Waals surface area contributed by atoms with Crippen LogP contribution in [0.2, 0.25) is 0 Å². The molecule has 0 saturated carbocycles. The van der Waals surface area contributed by atoms with E-state index in [2.05, 4.69) is 0 Å². The molecule has 0 aromatic rings. The van der Waals surface area contributed by atoms with Gasteiger partial charge >= 0.3 is 0 Å². The third kappa shape index (κ3) is 1.51. The van der Waals surface area contributed by atoms with Gasteiger partial charge in [0.05, 0.1) is 6.61 Å². The lowest BCUT2D eigenvalue weighted by atomic mass is 10.3. The second-order valence-electron chi connectivity index (χ2n) is 1.86. The first-order valence-electron chi connectivity index (χ1n) is 2.83. The minimum atomic E-state index is -0.608. The quantitative estimate of drug-likeness (QED) is 0.504. The van der Waals surface area contributed by atoms with E-state index in [-0.39, 0.29) is 0 Å². The normalized spacial score (nSPS) is 34.9. The van der Waals surface area contributed by atoms with Crippen molar-refractivity contribution in [1.29, 1.82) is 0 Å². The van der Waals surface area contributed by atoms with Gasteiger partial charge in [-0.15, -0.1) is 0 Å². The first-order chi connectivity index (χ1) is 4.34. The van der Waals surface area contributed by atoms with Crippen LogP contribution in [0.5, 0.6) is 0 Å². The number of aliphatic hydroxyl groups excluding tert-OH is 1. The summed E-state index contributed by atoms with van der Waals surface area (Å²) in [5.74, 6) is 0. The van der Waals surface area contributed by atoms with Crippen molar-refractivity contribution in [2.24, 2.45) is 0 Å². The van der Waals surface area contributed by atoms with E-state index in [0.29, 0.717) is 6.61 Å². The highest BCUT2D eigenvalue weighted by Crippen LogP contribution is 2.06. The third-order valence-corrected chi connectivity index (χ3v) is 1.20. The minimum absolute atomic E-state index is 0.477. The van der Waals surface area contributed by atoms with Gasteiger partial charge in [-0.1, -0.05) is 12.2 Å². The second kappa shape index (κ2) is 2.96. The Hall–Kier alpha value is -0.380. The molecule has 3 nitrogen and oxygen atoms in total. The van der Waals surface area contributed by atoms with Gasteiger partial charge < -0.3 is 14.6 Å². The average Bonchev–Trinajstić information content (AvgIpc) is 1.89. The van der Waals surface area contributed by atoms with Gasteiger partial charge in [0.15, 0.2) is 6.29 Å². The zero-order chi connectivity index (χ0) is 6.69. The Morgan fingerprint density at radius 1 is 1.78 bits per heavy atom. The van der Waals surface area contributed by atoms with Gasteiger partial charge in [-0.3, -0.25) is 0 Å². The molecule has 1 N–H and O–H groups in total. The fraction of sp³-hybridized carbons (Fsp3) is 0.667. The molecular formula is C6H10O3. The summed E-state index contributed by atoms with van der Waals surface area (Å²) in [7, 11) is 1.51. The molecule has 2 atom stereocenters. The summed E-state index contributed by atoms with van der Waals surface area (Å²) in [4.78, 5) is 0. The van der Waals surface area contributed by atoms with Crippen molar-refractivity contribution < 1.29 is 14.6 Å². The van der Waals surface area contributed by atoms with Gasteiger partial charge in [-0.25, -0.2) is 0 Å². The molecule has 0 aliphatic carbocycles. The van der Waals surface area contributed by atoms with Crippen molar-refractivity contribution >= 4 is 0 Å². The first kappa shape index (κ1) is 6.74. The van der Waals surface area contributed by atoms with Crippen LogP contribution in [0.4, 0.5) is 0 Å². The molecule has 52 valence electrons. The molecule has 0 aromatic carbocycles. The molecule has 3 heteroatoms. The van der Waals surface area contributed by atoms with Crippen LogP contribution in [0.1, 0.15) is 0 Å². The predicted molar refractivity (Wildman–Crippen MR) is 31.9 cm³/mol. The van der Waals surface area contributed by atoms with Crippen molar-refractivity contribution in [2.45, 2.75) is 12.4 Å². The molecule has 0 aromatic heterocycles. The standard InChI is InChI=1S/C6H10O3/c1-8-6-5(7)3-2-4-9-6/h2-3,5-7H,4H2,1H3/t5-,6+/m0/s1. The molecule has 1 aliphatic heterocycles. The summed E-state index contributed by atoms with van der Waals surface area (Å²) in [6, 6.07) is 0. The lowest BCUT2D eigenvalue weighted by Crippen LogP contribution is -2.31. The fourth-order valence-electron chi connectivity index (χ4n) is 0.742. The molecular weight excluding hydrogens is 120 g/mol. The minimum Gasteiger partial charge on any atom is -0.384 e. The Balaban J connectivity index is 2.44. The van der Waals surface area contributed by atoms with Gasteiger partial charge in [-0.05, 0) is 0 Å². The molecule has 0 saturated heterocycles. The Morgan fingerprint density at radius 3 is 3.00 bits per heavy atom. The van der Waals surface area contributed by atoms with E-state index in [1.165, 1.54) is 7.11 Å². The first-order valence-corrected chi connectivity index (χ1v) is 2.83. The van der Waals surface area contributed by atoms with E-state index in [1.807, 2.05) is 0 Å². The maximum Gasteiger partial charge on any atom is 0.187 e. The number of methoxy groups -OCH3 is 1. The van der Waals surface area contributed by atoms with Crippen LogP contribution < -0.4 is 0 Å². The van der Waals surface area contributed by atoms with Crippen LogP contribution in [-0.4, -0.2) is 31.2 Å².